The number of carbonyl (C=O) groups excluding carboxylic acids is 1. The smallest absolute Gasteiger partial charge is 0.318 e. The van der Waals surface area contributed by atoms with Gasteiger partial charge in [0.1, 0.15) is 11.5 Å². The van der Waals surface area contributed by atoms with Crippen molar-refractivity contribution in [1.29, 1.82) is 0 Å². The fourth-order valence-electron chi connectivity index (χ4n) is 3.24. The van der Waals surface area contributed by atoms with Crippen LogP contribution < -0.4 is 10.1 Å². The lowest BCUT2D eigenvalue weighted by atomic mass is 10.1. The number of phenols is 1. The Bertz CT molecular complexity index is 759. The molecule has 0 unspecified atom stereocenters. The van der Waals surface area contributed by atoms with Crippen molar-refractivity contribution in [3.8, 4) is 11.5 Å². The summed E-state index contributed by atoms with van der Waals surface area (Å²) in [6.07, 6.45) is 1.99. The minimum absolute atomic E-state index is 0.0351. The van der Waals surface area contributed by atoms with Crippen LogP contribution in [0.4, 0.5) is 4.79 Å². The molecular formula is C21H26N2O4. The standard InChI is InChI=1S/C21H26N2O4/c1-26-20-11-5-3-7-16(20)13-22-21(25)23(15-18-9-6-12-27-18)14-17-8-2-4-10-19(17)24/h2-5,7-8,10-11,18,24H,6,9,12-15H2,1H3,(H,22,25)/t18-/m1/s1. The number of benzene rings is 2. The average molecular weight is 370 g/mol. The molecule has 2 amide bonds. The van der Waals surface area contributed by atoms with Crippen molar-refractivity contribution in [2.45, 2.75) is 32.0 Å². The van der Waals surface area contributed by atoms with Crippen LogP contribution in [-0.4, -0.2) is 42.4 Å². The molecule has 2 aromatic carbocycles. The first-order valence-corrected chi connectivity index (χ1v) is 9.20. The second-order valence-corrected chi connectivity index (χ2v) is 6.61. The Labute approximate surface area is 159 Å². The van der Waals surface area contributed by atoms with Crippen LogP contribution in [0.1, 0.15) is 24.0 Å². The molecule has 6 heteroatoms. The normalized spacial score (nSPS) is 16.1. The van der Waals surface area contributed by atoms with E-state index in [2.05, 4.69) is 5.32 Å². The molecule has 2 N–H and O–H groups in total. The fraction of sp³-hybridized carbons (Fsp3) is 0.381. The van der Waals surface area contributed by atoms with E-state index in [0.29, 0.717) is 25.2 Å². The van der Waals surface area contributed by atoms with Gasteiger partial charge in [0.25, 0.3) is 0 Å². The average Bonchev–Trinajstić information content (AvgIpc) is 3.20. The van der Waals surface area contributed by atoms with Gasteiger partial charge in [-0.2, -0.15) is 0 Å². The number of amides is 2. The van der Waals surface area contributed by atoms with Crippen molar-refractivity contribution in [3.63, 3.8) is 0 Å². The molecule has 0 spiro atoms. The molecule has 0 bridgehead atoms. The van der Waals surface area contributed by atoms with Crippen molar-refractivity contribution >= 4 is 6.03 Å². The first kappa shape index (κ1) is 19.0. The van der Waals surface area contributed by atoms with Crippen LogP contribution in [0.3, 0.4) is 0 Å². The van der Waals surface area contributed by atoms with Gasteiger partial charge in [-0.05, 0) is 25.0 Å². The highest BCUT2D eigenvalue weighted by atomic mass is 16.5. The summed E-state index contributed by atoms with van der Waals surface area (Å²) in [6.45, 7) is 1.92. The predicted molar refractivity (Wildman–Crippen MR) is 103 cm³/mol. The SMILES string of the molecule is COc1ccccc1CNC(=O)N(Cc1ccccc1O)C[C@H]1CCCO1. The quantitative estimate of drug-likeness (QED) is 0.785. The first-order chi connectivity index (χ1) is 13.2. The maximum atomic E-state index is 12.9. The lowest BCUT2D eigenvalue weighted by Crippen LogP contribution is -2.43. The highest BCUT2D eigenvalue weighted by Crippen LogP contribution is 2.21. The lowest BCUT2D eigenvalue weighted by Gasteiger charge is -2.26. The molecule has 6 nitrogen and oxygen atoms in total. The van der Waals surface area contributed by atoms with Gasteiger partial charge in [-0.25, -0.2) is 4.79 Å². The Morgan fingerprint density at radius 1 is 1.22 bits per heavy atom. The third-order valence-corrected chi connectivity index (χ3v) is 4.71. The maximum absolute atomic E-state index is 12.9. The molecule has 3 rings (SSSR count). The molecule has 1 atom stereocenters. The van der Waals surface area contributed by atoms with Crippen molar-refractivity contribution in [2.24, 2.45) is 0 Å². The molecule has 0 aromatic heterocycles. The minimum atomic E-state index is -0.195. The Morgan fingerprint density at radius 2 is 1.96 bits per heavy atom. The van der Waals surface area contributed by atoms with E-state index >= 15 is 0 Å². The number of carbonyl (C=O) groups is 1. The van der Waals surface area contributed by atoms with E-state index in [-0.39, 0.29) is 17.9 Å². The number of urea groups is 1. The number of nitrogens with zero attached hydrogens (tertiary/aromatic N) is 1. The molecule has 0 aliphatic carbocycles. The van der Waals surface area contributed by atoms with E-state index in [4.69, 9.17) is 9.47 Å². The Hall–Kier alpha value is -2.73. The second kappa shape index (κ2) is 9.28. The fourth-order valence-corrected chi connectivity index (χ4v) is 3.24. The van der Waals surface area contributed by atoms with Crippen LogP contribution in [0, 0.1) is 0 Å². The van der Waals surface area contributed by atoms with Crippen molar-refractivity contribution < 1.29 is 19.4 Å². The zero-order valence-corrected chi connectivity index (χ0v) is 15.6. The number of hydrogen-bond donors (Lipinski definition) is 2. The molecule has 1 fully saturated rings. The number of ether oxygens (including phenoxy) is 2. The van der Waals surface area contributed by atoms with Crippen molar-refractivity contribution in [1.82, 2.24) is 10.2 Å². The summed E-state index contributed by atoms with van der Waals surface area (Å²) in [5.41, 5.74) is 1.62. The summed E-state index contributed by atoms with van der Waals surface area (Å²) in [5, 5.41) is 13.0. The number of methoxy groups -OCH3 is 1. The van der Waals surface area contributed by atoms with Gasteiger partial charge in [-0.1, -0.05) is 36.4 Å². The number of hydrogen-bond acceptors (Lipinski definition) is 4. The molecule has 1 aliphatic rings. The van der Waals surface area contributed by atoms with Gasteiger partial charge in [0.05, 0.1) is 19.8 Å². The molecule has 0 radical (unpaired) electrons. The molecular weight excluding hydrogens is 344 g/mol. The zero-order valence-electron chi connectivity index (χ0n) is 15.6. The monoisotopic (exact) mass is 370 g/mol. The van der Waals surface area contributed by atoms with E-state index in [1.807, 2.05) is 36.4 Å². The van der Waals surface area contributed by atoms with Gasteiger partial charge in [0.2, 0.25) is 0 Å². The molecule has 144 valence electrons. The number of rotatable bonds is 7. The lowest BCUT2D eigenvalue weighted by molar-refractivity contribution is 0.0792. The molecule has 1 heterocycles. The molecule has 1 aliphatic heterocycles. The van der Waals surface area contributed by atoms with Crippen LogP contribution in [0.5, 0.6) is 11.5 Å². The number of nitrogens with one attached hydrogen (secondary N) is 1. The summed E-state index contributed by atoms with van der Waals surface area (Å²) >= 11 is 0. The van der Waals surface area contributed by atoms with E-state index in [0.717, 1.165) is 30.8 Å². The highest BCUT2D eigenvalue weighted by Gasteiger charge is 2.23. The van der Waals surface area contributed by atoms with Crippen LogP contribution in [0.25, 0.3) is 0 Å². The third-order valence-electron chi connectivity index (χ3n) is 4.71. The zero-order chi connectivity index (χ0) is 19.1. The number of para-hydroxylation sites is 2. The van der Waals surface area contributed by atoms with Gasteiger partial charge in [-0.15, -0.1) is 0 Å². The van der Waals surface area contributed by atoms with Gasteiger partial charge < -0.3 is 24.8 Å². The van der Waals surface area contributed by atoms with Crippen molar-refractivity contribution in [2.75, 3.05) is 20.3 Å². The number of phenolic OH excluding ortho intramolecular Hbond substituents is 1. The maximum Gasteiger partial charge on any atom is 0.318 e. The van der Waals surface area contributed by atoms with Crippen LogP contribution >= 0.6 is 0 Å². The van der Waals surface area contributed by atoms with E-state index in [1.54, 1.807) is 24.1 Å². The Balaban J connectivity index is 1.68. The predicted octanol–water partition coefficient (Wildman–Crippen LogP) is 3.29. The highest BCUT2D eigenvalue weighted by molar-refractivity contribution is 5.74. The van der Waals surface area contributed by atoms with Gasteiger partial charge in [-0.3, -0.25) is 0 Å². The second-order valence-electron chi connectivity index (χ2n) is 6.61. The van der Waals surface area contributed by atoms with Gasteiger partial charge in [0.15, 0.2) is 0 Å². The minimum Gasteiger partial charge on any atom is -0.508 e. The summed E-state index contributed by atoms with van der Waals surface area (Å²) in [4.78, 5) is 14.6. The van der Waals surface area contributed by atoms with Gasteiger partial charge in [0, 0.05) is 30.8 Å². The molecule has 27 heavy (non-hydrogen) atoms. The van der Waals surface area contributed by atoms with Crippen molar-refractivity contribution in [3.05, 3.63) is 59.7 Å². The summed E-state index contributed by atoms with van der Waals surface area (Å²) < 4.78 is 11.0. The topological polar surface area (TPSA) is 71.0 Å². The molecule has 0 saturated carbocycles. The van der Waals surface area contributed by atoms with E-state index in [9.17, 15) is 9.90 Å². The van der Waals surface area contributed by atoms with E-state index < -0.39 is 0 Å². The number of aromatic hydroxyl groups is 1. The Morgan fingerprint density at radius 3 is 2.67 bits per heavy atom. The summed E-state index contributed by atoms with van der Waals surface area (Å²) in [6, 6.07) is 14.5. The summed E-state index contributed by atoms with van der Waals surface area (Å²) in [7, 11) is 1.61. The summed E-state index contributed by atoms with van der Waals surface area (Å²) in [5.74, 6) is 0.927. The van der Waals surface area contributed by atoms with Crippen LogP contribution in [-0.2, 0) is 17.8 Å². The third kappa shape index (κ3) is 5.14. The van der Waals surface area contributed by atoms with E-state index in [1.165, 1.54) is 0 Å². The Kier molecular flexibility index (Phi) is 6.54. The van der Waals surface area contributed by atoms with Gasteiger partial charge >= 0.3 is 6.03 Å². The largest absolute Gasteiger partial charge is 0.508 e. The van der Waals surface area contributed by atoms with Crippen LogP contribution in [0.15, 0.2) is 48.5 Å². The van der Waals surface area contributed by atoms with Crippen LogP contribution in [0.2, 0.25) is 0 Å². The molecule has 1 saturated heterocycles. The molecule has 2 aromatic rings. The first-order valence-electron chi connectivity index (χ1n) is 9.20.